The van der Waals surface area contributed by atoms with Crippen molar-refractivity contribution in [3.05, 3.63) is 50.7 Å². The minimum absolute atomic E-state index is 0.0317. The average Bonchev–Trinajstić information content (AvgIpc) is 2.97. The topological polar surface area (TPSA) is 49.9 Å². The molecule has 0 radical (unpaired) electrons. The first-order chi connectivity index (χ1) is 12.4. The Labute approximate surface area is 158 Å². The van der Waals surface area contributed by atoms with Crippen molar-refractivity contribution in [3.63, 3.8) is 0 Å². The molecule has 2 aromatic rings. The summed E-state index contributed by atoms with van der Waals surface area (Å²) in [4.78, 5) is 30.7. The third-order valence-electron chi connectivity index (χ3n) is 4.69. The summed E-state index contributed by atoms with van der Waals surface area (Å²) in [5, 5.41) is 0. The normalized spacial score (nSPS) is 13.3. The van der Waals surface area contributed by atoms with E-state index < -0.39 is 0 Å². The summed E-state index contributed by atoms with van der Waals surface area (Å²) < 4.78 is 5.15. The van der Waals surface area contributed by atoms with Crippen LogP contribution in [0.5, 0.6) is 0 Å². The van der Waals surface area contributed by atoms with Gasteiger partial charge in [-0.1, -0.05) is 0 Å². The molecule has 0 aliphatic carbocycles. The quantitative estimate of drug-likeness (QED) is 0.771. The second-order valence-electron chi connectivity index (χ2n) is 6.60. The van der Waals surface area contributed by atoms with Crippen molar-refractivity contribution in [1.82, 2.24) is 4.90 Å². The zero-order valence-corrected chi connectivity index (χ0v) is 16.5. The molecule has 1 aliphatic rings. The standard InChI is InChI=1S/C20H24N2O3S/c1-5-25-20(24)18-13(2)16-12-22(11-10-17(16)26-18)19(23)14-6-8-15(9-7-14)21(3)4/h6-9H,5,10-12H2,1-4H3. The Kier molecular flexibility index (Phi) is 5.32. The van der Waals surface area contributed by atoms with Gasteiger partial charge in [-0.15, -0.1) is 11.3 Å². The zero-order chi connectivity index (χ0) is 18.8. The number of benzene rings is 1. The van der Waals surface area contributed by atoms with Crippen molar-refractivity contribution in [2.75, 3.05) is 32.1 Å². The minimum atomic E-state index is -0.262. The summed E-state index contributed by atoms with van der Waals surface area (Å²) in [5.74, 6) is -0.231. The molecular weight excluding hydrogens is 348 g/mol. The summed E-state index contributed by atoms with van der Waals surface area (Å²) in [6.45, 7) is 5.34. The summed E-state index contributed by atoms with van der Waals surface area (Å²) in [7, 11) is 3.95. The van der Waals surface area contributed by atoms with Crippen molar-refractivity contribution in [2.45, 2.75) is 26.8 Å². The van der Waals surface area contributed by atoms with Gasteiger partial charge in [0.2, 0.25) is 0 Å². The van der Waals surface area contributed by atoms with Gasteiger partial charge < -0.3 is 14.5 Å². The molecule has 0 unspecified atom stereocenters. The van der Waals surface area contributed by atoms with E-state index in [9.17, 15) is 9.59 Å². The Balaban J connectivity index is 1.79. The number of anilines is 1. The van der Waals surface area contributed by atoms with Crippen LogP contribution in [-0.2, 0) is 17.7 Å². The fourth-order valence-corrected chi connectivity index (χ4v) is 4.37. The fraction of sp³-hybridized carbons (Fsp3) is 0.400. The highest BCUT2D eigenvalue weighted by Gasteiger charge is 2.28. The number of thiophene rings is 1. The lowest BCUT2D eigenvalue weighted by Gasteiger charge is -2.27. The van der Waals surface area contributed by atoms with Crippen molar-refractivity contribution in [1.29, 1.82) is 0 Å². The summed E-state index contributed by atoms with van der Waals surface area (Å²) in [6.07, 6.45) is 0.780. The number of hydrogen-bond acceptors (Lipinski definition) is 5. The van der Waals surface area contributed by atoms with Gasteiger partial charge >= 0.3 is 5.97 Å². The second kappa shape index (κ2) is 7.50. The molecule has 0 fully saturated rings. The lowest BCUT2D eigenvalue weighted by atomic mass is 10.0. The van der Waals surface area contributed by atoms with Gasteiger partial charge in [0.1, 0.15) is 4.88 Å². The smallest absolute Gasteiger partial charge is 0.348 e. The minimum Gasteiger partial charge on any atom is -0.462 e. The Morgan fingerprint density at radius 3 is 2.54 bits per heavy atom. The number of esters is 1. The van der Waals surface area contributed by atoms with Gasteiger partial charge in [0.05, 0.1) is 6.61 Å². The molecule has 0 atom stereocenters. The molecule has 2 heterocycles. The fourth-order valence-electron chi connectivity index (χ4n) is 3.17. The summed E-state index contributed by atoms with van der Waals surface area (Å²) in [6, 6.07) is 7.66. The number of carbonyl (C=O) groups excluding carboxylic acids is 2. The molecule has 0 saturated carbocycles. The number of amides is 1. The predicted molar refractivity (Wildman–Crippen MR) is 104 cm³/mol. The van der Waals surface area contributed by atoms with E-state index in [1.807, 2.05) is 62.0 Å². The molecule has 1 aliphatic heterocycles. The zero-order valence-electron chi connectivity index (χ0n) is 15.7. The number of ether oxygens (including phenoxy) is 1. The highest BCUT2D eigenvalue weighted by molar-refractivity contribution is 7.14. The van der Waals surface area contributed by atoms with Crippen LogP contribution in [0, 0.1) is 6.92 Å². The van der Waals surface area contributed by atoms with Gasteiger partial charge in [-0.3, -0.25) is 4.79 Å². The Morgan fingerprint density at radius 1 is 1.23 bits per heavy atom. The van der Waals surface area contributed by atoms with E-state index in [1.54, 1.807) is 0 Å². The van der Waals surface area contributed by atoms with Crippen LogP contribution in [0.3, 0.4) is 0 Å². The van der Waals surface area contributed by atoms with Crippen molar-refractivity contribution < 1.29 is 14.3 Å². The molecule has 1 amide bonds. The number of fused-ring (bicyclic) bond motifs is 1. The Morgan fingerprint density at radius 2 is 1.92 bits per heavy atom. The van der Waals surface area contributed by atoms with E-state index in [4.69, 9.17) is 4.74 Å². The average molecular weight is 372 g/mol. The van der Waals surface area contributed by atoms with Crippen LogP contribution in [0.2, 0.25) is 0 Å². The number of nitrogens with zero attached hydrogens (tertiary/aromatic N) is 2. The molecule has 1 aromatic carbocycles. The van der Waals surface area contributed by atoms with Crippen LogP contribution < -0.4 is 4.90 Å². The summed E-state index contributed by atoms with van der Waals surface area (Å²) >= 11 is 1.51. The molecule has 0 bridgehead atoms. The van der Waals surface area contributed by atoms with Gasteiger partial charge in [-0.25, -0.2) is 4.79 Å². The lowest BCUT2D eigenvalue weighted by Crippen LogP contribution is -2.35. The predicted octanol–water partition coefficient (Wildman–Crippen LogP) is 3.50. The van der Waals surface area contributed by atoms with E-state index in [-0.39, 0.29) is 11.9 Å². The van der Waals surface area contributed by atoms with Crippen LogP contribution in [0.25, 0.3) is 0 Å². The van der Waals surface area contributed by atoms with Crippen molar-refractivity contribution >= 4 is 28.9 Å². The van der Waals surface area contributed by atoms with Crippen LogP contribution in [0.4, 0.5) is 5.69 Å². The molecule has 26 heavy (non-hydrogen) atoms. The first-order valence-electron chi connectivity index (χ1n) is 8.77. The molecule has 0 spiro atoms. The second-order valence-corrected chi connectivity index (χ2v) is 7.70. The van der Waals surface area contributed by atoms with Crippen LogP contribution in [0.15, 0.2) is 24.3 Å². The SMILES string of the molecule is CCOC(=O)c1sc2c(c1C)CN(C(=O)c1ccc(N(C)C)cc1)CC2. The Hall–Kier alpha value is -2.34. The van der Waals surface area contributed by atoms with Gasteiger partial charge in [-0.05, 0) is 55.7 Å². The monoisotopic (exact) mass is 372 g/mol. The Bertz CT molecular complexity index is 824. The van der Waals surface area contributed by atoms with Crippen LogP contribution >= 0.6 is 11.3 Å². The van der Waals surface area contributed by atoms with Gasteiger partial charge in [-0.2, -0.15) is 0 Å². The maximum atomic E-state index is 12.9. The molecule has 0 N–H and O–H groups in total. The largest absolute Gasteiger partial charge is 0.462 e. The highest BCUT2D eigenvalue weighted by atomic mass is 32.1. The molecule has 0 saturated heterocycles. The molecule has 6 heteroatoms. The maximum Gasteiger partial charge on any atom is 0.348 e. The molecule has 5 nitrogen and oxygen atoms in total. The van der Waals surface area contributed by atoms with Crippen LogP contribution in [-0.4, -0.2) is 44.0 Å². The molecular formula is C20H24N2O3S. The van der Waals surface area contributed by atoms with E-state index in [0.717, 1.165) is 23.2 Å². The van der Waals surface area contributed by atoms with E-state index in [0.29, 0.717) is 30.1 Å². The molecule has 138 valence electrons. The summed E-state index contributed by atoms with van der Waals surface area (Å²) in [5.41, 5.74) is 3.80. The highest BCUT2D eigenvalue weighted by Crippen LogP contribution is 2.33. The van der Waals surface area contributed by atoms with Gasteiger partial charge in [0.25, 0.3) is 5.91 Å². The van der Waals surface area contributed by atoms with Gasteiger partial charge in [0, 0.05) is 43.3 Å². The van der Waals surface area contributed by atoms with Crippen molar-refractivity contribution in [2.24, 2.45) is 0 Å². The van der Waals surface area contributed by atoms with Crippen molar-refractivity contribution in [3.8, 4) is 0 Å². The third-order valence-corrected chi connectivity index (χ3v) is 6.07. The van der Waals surface area contributed by atoms with E-state index in [1.165, 1.54) is 16.2 Å². The first kappa shape index (κ1) is 18.5. The van der Waals surface area contributed by atoms with Gasteiger partial charge in [0.15, 0.2) is 0 Å². The number of hydrogen-bond donors (Lipinski definition) is 0. The lowest BCUT2D eigenvalue weighted by molar-refractivity contribution is 0.0531. The van der Waals surface area contributed by atoms with Crippen LogP contribution in [0.1, 0.15) is 43.0 Å². The van der Waals surface area contributed by atoms with E-state index >= 15 is 0 Å². The molecule has 3 rings (SSSR count). The third kappa shape index (κ3) is 3.46. The maximum absolute atomic E-state index is 12.9. The first-order valence-corrected chi connectivity index (χ1v) is 9.59. The van der Waals surface area contributed by atoms with E-state index in [2.05, 4.69) is 0 Å². The number of rotatable bonds is 4. The number of carbonyl (C=O) groups is 2. The molecule has 1 aromatic heterocycles.